The lowest BCUT2D eigenvalue weighted by atomic mass is 10.0. The molecule has 4 nitrogen and oxygen atoms in total. The number of nitrogens with one attached hydrogen (secondary N) is 2. The van der Waals surface area contributed by atoms with E-state index in [4.69, 9.17) is 17.0 Å². The van der Waals surface area contributed by atoms with Crippen LogP contribution in [-0.4, -0.2) is 31.4 Å². The second-order valence-electron chi connectivity index (χ2n) is 6.38. The van der Waals surface area contributed by atoms with Crippen molar-refractivity contribution in [3.8, 4) is 5.75 Å². The molecule has 2 N–H and O–H groups in total. The number of rotatable bonds is 7. The first-order valence-electron chi connectivity index (χ1n) is 9.37. The molecular weight excluding hydrogens is 342 g/mol. The van der Waals surface area contributed by atoms with Crippen LogP contribution in [0.1, 0.15) is 25.3 Å². The zero-order valence-corrected chi connectivity index (χ0v) is 16.1. The summed E-state index contributed by atoms with van der Waals surface area (Å²) < 4.78 is 5.62. The summed E-state index contributed by atoms with van der Waals surface area (Å²) in [6, 6.07) is 16.6. The molecule has 0 spiro atoms. The Hall–Kier alpha value is -2.27. The monoisotopic (exact) mass is 369 g/mol. The van der Waals surface area contributed by atoms with Crippen molar-refractivity contribution in [3.63, 3.8) is 0 Å². The Morgan fingerprint density at radius 1 is 1.15 bits per heavy atom. The van der Waals surface area contributed by atoms with E-state index in [2.05, 4.69) is 39.8 Å². The van der Waals surface area contributed by atoms with Crippen LogP contribution in [0, 0.1) is 0 Å². The largest absolute Gasteiger partial charge is 0.492 e. The third-order valence-corrected chi connectivity index (χ3v) is 4.78. The highest BCUT2D eigenvalue weighted by Gasteiger charge is 2.15. The molecule has 138 valence electrons. The highest BCUT2D eigenvalue weighted by molar-refractivity contribution is 7.80. The lowest BCUT2D eigenvalue weighted by Crippen LogP contribution is -2.34. The van der Waals surface area contributed by atoms with Crippen LogP contribution in [0.15, 0.2) is 48.5 Å². The summed E-state index contributed by atoms with van der Waals surface area (Å²) in [6.45, 7) is 5.65. The normalized spacial score (nSPS) is 13.0. The van der Waals surface area contributed by atoms with Gasteiger partial charge in [-0.1, -0.05) is 30.3 Å². The summed E-state index contributed by atoms with van der Waals surface area (Å²) in [5, 5.41) is 7.17. The second kappa shape index (κ2) is 9.43. The predicted molar refractivity (Wildman–Crippen MR) is 113 cm³/mol. The van der Waals surface area contributed by atoms with Crippen molar-refractivity contribution in [2.24, 2.45) is 0 Å². The Labute approximate surface area is 161 Å². The van der Waals surface area contributed by atoms with Crippen LogP contribution in [-0.2, 0) is 6.42 Å². The van der Waals surface area contributed by atoms with Crippen LogP contribution in [0.5, 0.6) is 5.75 Å². The first-order chi connectivity index (χ1) is 12.8. The van der Waals surface area contributed by atoms with E-state index < -0.39 is 0 Å². The van der Waals surface area contributed by atoms with Crippen molar-refractivity contribution in [1.29, 1.82) is 0 Å². The number of thiocarbonyl (C=S) groups is 1. The van der Waals surface area contributed by atoms with Gasteiger partial charge in [0.2, 0.25) is 0 Å². The third kappa shape index (κ3) is 4.88. The van der Waals surface area contributed by atoms with Gasteiger partial charge in [-0.05, 0) is 62.2 Å². The molecule has 2 aromatic carbocycles. The smallest absolute Gasteiger partial charge is 0.170 e. The van der Waals surface area contributed by atoms with E-state index >= 15 is 0 Å². The quantitative estimate of drug-likeness (QED) is 0.565. The third-order valence-electron chi connectivity index (χ3n) is 4.53. The molecule has 1 heterocycles. The number of nitrogens with zero attached hydrogens (tertiary/aromatic N) is 1. The van der Waals surface area contributed by atoms with E-state index in [1.165, 1.54) is 24.1 Å². The van der Waals surface area contributed by atoms with Gasteiger partial charge in [0.05, 0.1) is 12.3 Å². The van der Waals surface area contributed by atoms with Gasteiger partial charge in [-0.15, -0.1) is 0 Å². The first kappa shape index (κ1) is 18.5. The molecule has 0 amide bonds. The fourth-order valence-electron chi connectivity index (χ4n) is 3.33. The molecule has 0 unspecified atom stereocenters. The van der Waals surface area contributed by atoms with Crippen molar-refractivity contribution in [1.82, 2.24) is 5.32 Å². The van der Waals surface area contributed by atoms with E-state index in [0.29, 0.717) is 11.7 Å². The van der Waals surface area contributed by atoms with Crippen LogP contribution in [0.3, 0.4) is 0 Å². The van der Waals surface area contributed by atoms with Crippen LogP contribution in [0.4, 0.5) is 11.4 Å². The molecular formula is C21H27N3OS. The van der Waals surface area contributed by atoms with Gasteiger partial charge in [0, 0.05) is 25.3 Å². The van der Waals surface area contributed by atoms with E-state index in [9.17, 15) is 0 Å². The Bertz CT molecular complexity index is 735. The molecule has 0 radical (unpaired) electrons. The molecule has 0 bridgehead atoms. The van der Waals surface area contributed by atoms with E-state index in [-0.39, 0.29) is 0 Å². The predicted octanol–water partition coefficient (Wildman–Crippen LogP) is 4.21. The number of para-hydroxylation sites is 3. The summed E-state index contributed by atoms with van der Waals surface area (Å²) in [6.07, 6.45) is 3.47. The number of hydrogen-bond donors (Lipinski definition) is 2. The lowest BCUT2D eigenvalue weighted by molar-refractivity contribution is 0.342. The van der Waals surface area contributed by atoms with Crippen LogP contribution >= 0.6 is 12.2 Å². The van der Waals surface area contributed by atoms with Crippen LogP contribution < -0.4 is 20.3 Å². The summed E-state index contributed by atoms with van der Waals surface area (Å²) in [5.41, 5.74) is 3.76. The lowest BCUT2D eigenvalue weighted by Gasteiger charge is -2.31. The molecule has 0 saturated carbocycles. The molecule has 1 aliphatic rings. The summed E-state index contributed by atoms with van der Waals surface area (Å²) in [5.74, 6) is 0.823. The molecule has 3 rings (SSSR count). The van der Waals surface area contributed by atoms with Crippen molar-refractivity contribution < 1.29 is 4.74 Å². The average Bonchev–Trinajstić information content (AvgIpc) is 2.67. The van der Waals surface area contributed by atoms with Crippen molar-refractivity contribution in [3.05, 3.63) is 54.1 Å². The summed E-state index contributed by atoms with van der Waals surface area (Å²) in [7, 11) is 0. The fourth-order valence-corrected chi connectivity index (χ4v) is 3.55. The molecule has 26 heavy (non-hydrogen) atoms. The van der Waals surface area contributed by atoms with E-state index in [1.54, 1.807) is 0 Å². The molecule has 1 aliphatic heterocycles. The Morgan fingerprint density at radius 3 is 2.85 bits per heavy atom. The van der Waals surface area contributed by atoms with Gasteiger partial charge < -0.3 is 20.3 Å². The van der Waals surface area contributed by atoms with Crippen molar-refractivity contribution in [2.45, 2.75) is 26.2 Å². The average molecular weight is 370 g/mol. The van der Waals surface area contributed by atoms with Gasteiger partial charge in [0.15, 0.2) is 5.11 Å². The molecule has 0 atom stereocenters. The topological polar surface area (TPSA) is 36.5 Å². The van der Waals surface area contributed by atoms with Crippen molar-refractivity contribution >= 4 is 28.7 Å². The molecule has 0 aromatic heterocycles. The number of benzene rings is 2. The second-order valence-corrected chi connectivity index (χ2v) is 6.79. The van der Waals surface area contributed by atoms with Gasteiger partial charge in [0.25, 0.3) is 0 Å². The number of ether oxygens (including phenoxy) is 1. The maximum atomic E-state index is 5.62. The van der Waals surface area contributed by atoms with Gasteiger partial charge >= 0.3 is 0 Å². The number of anilines is 2. The number of aryl methyl sites for hydroxylation is 1. The van der Waals surface area contributed by atoms with Gasteiger partial charge in [0.1, 0.15) is 5.75 Å². The highest BCUT2D eigenvalue weighted by atomic mass is 32.1. The molecule has 0 fully saturated rings. The van der Waals surface area contributed by atoms with Gasteiger partial charge in [-0.25, -0.2) is 0 Å². The SMILES string of the molecule is CCOc1ccccc1NC(=S)NCCCN1CCCc2ccccc21. The van der Waals surface area contributed by atoms with Crippen LogP contribution in [0.2, 0.25) is 0 Å². The Morgan fingerprint density at radius 2 is 1.96 bits per heavy atom. The van der Waals surface area contributed by atoms with E-state index in [1.807, 2.05) is 31.2 Å². The number of fused-ring (bicyclic) bond motifs is 1. The van der Waals surface area contributed by atoms with E-state index in [0.717, 1.165) is 37.5 Å². The minimum Gasteiger partial charge on any atom is -0.492 e. The highest BCUT2D eigenvalue weighted by Crippen LogP contribution is 2.26. The Kier molecular flexibility index (Phi) is 6.72. The summed E-state index contributed by atoms with van der Waals surface area (Å²) >= 11 is 5.42. The zero-order valence-electron chi connectivity index (χ0n) is 15.3. The van der Waals surface area contributed by atoms with Crippen molar-refractivity contribution in [2.75, 3.05) is 36.5 Å². The maximum absolute atomic E-state index is 5.62. The zero-order chi connectivity index (χ0) is 18.2. The summed E-state index contributed by atoms with van der Waals surface area (Å²) in [4.78, 5) is 2.49. The molecule has 0 saturated heterocycles. The number of hydrogen-bond acceptors (Lipinski definition) is 3. The molecule has 5 heteroatoms. The minimum atomic E-state index is 0.635. The maximum Gasteiger partial charge on any atom is 0.170 e. The van der Waals surface area contributed by atoms with Gasteiger partial charge in [-0.3, -0.25) is 0 Å². The van der Waals surface area contributed by atoms with Crippen LogP contribution in [0.25, 0.3) is 0 Å². The fraction of sp³-hybridized carbons (Fsp3) is 0.381. The minimum absolute atomic E-state index is 0.635. The molecule has 2 aromatic rings. The Balaban J connectivity index is 1.44. The first-order valence-corrected chi connectivity index (χ1v) is 9.78. The molecule has 0 aliphatic carbocycles. The standard InChI is InChI=1S/C21H27N3OS/c1-2-25-20-13-6-4-11-18(20)23-21(26)22-14-8-16-24-15-7-10-17-9-3-5-12-19(17)24/h3-6,9,11-13H,2,7-8,10,14-16H2,1H3,(H2,22,23,26). The van der Waals surface area contributed by atoms with Gasteiger partial charge in [-0.2, -0.15) is 0 Å².